The van der Waals surface area contributed by atoms with Gasteiger partial charge in [-0.2, -0.15) is 5.10 Å². The van der Waals surface area contributed by atoms with Gasteiger partial charge in [0, 0.05) is 20.1 Å². The number of rotatable bonds is 7. The lowest BCUT2D eigenvalue weighted by atomic mass is 10.1. The van der Waals surface area contributed by atoms with Gasteiger partial charge in [0.05, 0.1) is 12.8 Å². The van der Waals surface area contributed by atoms with E-state index in [1.165, 1.54) is 17.5 Å². The highest BCUT2D eigenvalue weighted by atomic mass is 16.5. The second-order valence-corrected chi connectivity index (χ2v) is 6.42. The van der Waals surface area contributed by atoms with E-state index in [4.69, 9.17) is 4.74 Å². The van der Waals surface area contributed by atoms with Crippen molar-refractivity contribution in [3.63, 3.8) is 0 Å². The first kappa shape index (κ1) is 19.4. The third-order valence-corrected chi connectivity index (χ3v) is 4.43. The van der Waals surface area contributed by atoms with E-state index in [0.29, 0.717) is 6.54 Å². The number of hydrogen-bond acceptors (Lipinski definition) is 4. The van der Waals surface area contributed by atoms with Gasteiger partial charge in [0.2, 0.25) is 0 Å². The number of aromatic nitrogens is 3. The molecule has 3 rings (SSSR count). The molecule has 0 radical (unpaired) electrons. The molecular weight excluding hydrogens is 352 g/mol. The Morgan fingerprint density at radius 1 is 1.14 bits per heavy atom. The van der Waals surface area contributed by atoms with Crippen molar-refractivity contribution in [3.05, 3.63) is 71.8 Å². The van der Waals surface area contributed by atoms with Crippen LogP contribution in [0.3, 0.4) is 0 Å². The Morgan fingerprint density at radius 3 is 2.64 bits per heavy atom. The summed E-state index contributed by atoms with van der Waals surface area (Å²) >= 11 is 0. The maximum Gasteiger partial charge on any atom is 0.191 e. The van der Waals surface area contributed by atoms with Crippen molar-refractivity contribution in [3.8, 4) is 11.4 Å². The number of guanidine groups is 1. The monoisotopic (exact) mass is 378 g/mol. The van der Waals surface area contributed by atoms with Crippen LogP contribution in [-0.2, 0) is 13.0 Å². The molecule has 0 aliphatic rings. The number of aliphatic imine (C=N–C) groups is 1. The fourth-order valence-corrected chi connectivity index (χ4v) is 2.93. The molecule has 0 saturated heterocycles. The molecule has 0 bridgehead atoms. The average Bonchev–Trinajstić information content (AvgIpc) is 3.26. The third kappa shape index (κ3) is 5.09. The van der Waals surface area contributed by atoms with Crippen LogP contribution in [-0.4, -0.2) is 41.4 Å². The van der Waals surface area contributed by atoms with Crippen LogP contribution >= 0.6 is 0 Å². The van der Waals surface area contributed by atoms with E-state index >= 15 is 0 Å². The predicted octanol–water partition coefficient (Wildman–Crippen LogP) is 2.49. The molecule has 0 amide bonds. The first-order valence-electron chi connectivity index (χ1n) is 9.21. The SMILES string of the molecule is CN=C(NCCc1cc(C)ccc1OC)NCc1ccc(-n2cncn2)cc1. The summed E-state index contributed by atoms with van der Waals surface area (Å²) < 4.78 is 7.18. The van der Waals surface area contributed by atoms with Crippen LogP contribution in [0.4, 0.5) is 0 Å². The van der Waals surface area contributed by atoms with Gasteiger partial charge in [-0.1, -0.05) is 29.8 Å². The lowest BCUT2D eigenvalue weighted by molar-refractivity contribution is 0.409. The molecule has 0 aliphatic heterocycles. The van der Waals surface area contributed by atoms with Crippen molar-refractivity contribution < 1.29 is 4.74 Å². The molecule has 7 nitrogen and oxygen atoms in total. The molecule has 1 heterocycles. The topological polar surface area (TPSA) is 76.4 Å². The van der Waals surface area contributed by atoms with E-state index in [1.807, 2.05) is 18.2 Å². The fourth-order valence-electron chi connectivity index (χ4n) is 2.93. The standard InChI is InChI=1S/C21H26N6O/c1-16-4-9-20(28-3)18(12-16)10-11-24-21(22-2)25-13-17-5-7-19(8-6-17)27-15-23-14-26-27/h4-9,12,14-15H,10-11,13H2,1-3H3,(H2,22,24,25). The van der Waals surface area contributed by atoms with E-state index in [0.717, 1.165) is 35.9 Å². The number of nitrogens with one attached hydrogen (secondary N) is 2. The van der Waals surface area contributed by atoms with Crippen LogP contribution in [0.2, 0.25) is 0 Å². The molecular formula is C21H26N6O. The average molecular weight is 378 g/mol. The van der Waals surface area contributed by atoms with Crippen LogP contribution in [0.15, 0.2) is 60.1 Å². The molecule has 0 unspecified atom stereocenters. The van der Waals surface area contributed by atoms with Gasteiger partial charge in [0.1, 0.15) is 18.4 Å². The van der Waals surface area contributed by atoms with E-state index in [9.17, 15) is 0 Å². The molecule has 0 spiro atoms. The Labute approximate surface area is 165 Å². The quantitative estimate of drug-likeness (QED) is 0.488. The molecule has 28 heavy (non-hydrogen) atoms. The van der Waals surface area contributed by atoms with Crippen LogP contribution in [0.5, 0.6) is 5.75 Å². The predicted molar refractivity (Wildman–Crippen MR) is 111 cm³/mol. The second-order valence-electron chi connectivity index (χ2n) is 6.42. The maximum atomic E-state index is 5.44. The van der Waals surface area contributed by atoms with Crippen LogP contribution in [0.1, 0.15) is 16.7 Å². The molecule has 146 valence electrons. The van der Waals surface area contributed by atoms with E-state index in [1.54, 1.807) is 25.2 Å². The van der Waals surface area contributed by atoms with Crippen molar-refractivity contribution in [1.82, 2.24) is 25.4 Å². The lowest BCUT2D eigenvalue weighted by Crippen LogP contribution is -2.37. The first-order chi connectivity index (χ1) is 13.7. The second kappa shape index (κ2) is 9.55. The third-order valence-electron chi connectivity index (χ3n) is 4.43. The minimum atomic E-state index is 0.686. The summed E-state index contributed by atoms with van der Waals surface area (Å²) in [6.45, 7) is 3.54. The Balaban J connectivity index is 1.49. The van der Waals surface area contributed by atoms with Gasteiger partial charge in [0.15, 0.2) is 5.96 Å². The van der Waals surface area contributed by atoms with E-state index < -0.39 is 0 Å². The Bertz CT molecular complexity index is 903. The normalized spacial score (nSPS) is 11.3. The smallest absolute Gasteiger partial charge is 0.191 e. The summed E-state index contributed by atoms with van der Waals surface area (Å²) in [4.78, 5) is 8.26. The number of nitrogens with zero attached hydrogens (tertiary/aromatic N) is 4. The van der Waals surface area contributed by atoms with E-state index in [-0.39, 0.29) is 0 Å². The number of benzene rings is 2. The zero-order valence-electron chi connectivity index (χ0n) is 16.5. The van der Waals surface area contributed by atoms with Gasteiger partial charge >= 0.3 is 0 Å². The van der Waals surface area contributed by atoms with Gasteiger partial charge in [0.25, 0.3) is 0 Å². The fraction of sp³-hybridized carbons (Fsp3) is 0.286. The first-order valence-corrected chi connectivity index (χ1v) is 9.21. The molecule has 2 N–H and O–H groups in total. The summed E-state index contributed by atoms with van der Waals surface area (Å²) in [5.41, 5.74) is 4.56. The highest BCUT2D eigenvalue weighted by molar-refractivity contribution is 5.79. The largest absolute Gasteiger partial charge is 0.496 e. The summed E-state index contributed by atoms with van der Waals surface area (Å²) in [7, 11) is 3.48. The summed E-state index contributed by atoms with van der Waals surface area (Å²) in [5.74, 6) is 1.69. The zero-order chi connectivity index (χ0) is 19.8. The van der Waals surface area contributed by atoms with Crippen LogP contribution in [0, 0.1) is 6.92 Å². The minimum absolute atomic E-state index is 0.686. The van der Waals surface area contributed by atoms with Crippen molar-refractivity contribution in [2.75, 3.05) is 20.7 Å². The maximum absolute atomic E-state index is 5.44. The van der Waals surface area contributed by atoms with Gasteiger partial charge in [-0.05, 0) is 42.7 Å². The Hall–Kier alpha value is -3.35. The molecule has 0 fully saturated rings. The van der Waals surface area contributed by atoms with Gasteiger partial charge in [-0.15, -0.1) is 0 Å². The van der Waals surface area contributed by atoms with Crippen molar-refractivity contribution >= 4 is 5.96 Å². The minimum Gasteiger partial charge on any atom is -0.496 e. The molecule has 7 heteroatoms. The Kier molecular flexibility index (Phi) is 6.62. The molecule has 0 aliphatic carbocycles. The lowest BCUT2D eigenvalue weighted by Gasteiger charge is -2.14. The van der Waals surface area contributed by atoms with E-state index in [2.05, 4.69) is 56.9 Å². The molecule has 0 saturated carbocycles. The van der Waals surface area contributed by atoms with Crippen LogP contribution in [0.25, 0.3) is 5.69 Å². The molecule has 3 aromatic rings. The van der Waals surface area contributed by atoms with Crippen molar-refractivity contribution in [1.29, 1.82) is 0 Å². The van der Waals surface area contributed by atoms with Crippen molar-refractivity contribution in [2.24, 2.45) is 4.99 Å². The summed E-state index contributed by atoms with van der Waals surface area (Å²) in [6.07, 6.45) is 4.07. The number of hydrogen-bond donors (Lipinski definition) is 2. The molecule has 0 atom stereocenters. The van der Waals surface area contributed by atoms with Gasteiger partial charge in [-0.25, -0.2) is 9.67 Å². The zero-order valence-corrected chi connectivity index (χ0v) is 16.5. The van der Waals surface area contributed by atoms with Crippen LogP contribution < -0.4 is 15.4 Å². The van der Waals surface area contributed by atoms with Crippen molar-refractivity contribution in [2.45, 2.75) is 19.9 Å². The van der Waals surface area contributed by atoms with Gasteiger partial charge < -0.3 is 15.4 Å². The number of aryl methyl sites for hydroxylation is 1. The molecule has 2 aromatic carbocycles. The number of methoxy groups -OCH3 is 1. The Morgan fingerprint density at radius 2 is 1.96 bits per heavy atom. The van der Waals surface area contributed by atoms with Gasteiger partial charge in [-0.3, -0.25) is 4.99 Å². The summed E-state index contributed by atoms with van der Waals surface area (Å²) in [5, 5.41) is 10.8. The highest BCUT2D eigenvalue weighted by Gasteiger charge is 2.04. The molecule has 1 aromatic heterocycles. The number of ether oxygens (including phenoxy) is 1. The summed E-state index contributed by atoms with van der Waals surface area (Å²) in [6, 6.07) is 14.4. The highest BCUT2D eigenvalue weighted by Crippen LogP contribution is 2.19.